The van der Waals surface area contributed by atoms with Crippen LogP contribution >= 0.6 is 12.4 Å². The highest BCUT2D eigenvalue weighted by atomic mass is 35.5. The van der Waals surface area contributed by atoms with E-state index in [0.29, 0.717) is 24.5 Å². The van der Waals surface area contributed by atoms with E-state index >= 15 is 0 Å². The predicted octanol–water partition coefficient (Wildman–Crippen LogP) is 2.67. The fourth-order valence-electron chi connectivity index (χ4n) is 3.27. The Labute approximate surface area is 159 Å². The van der Waals surface area contributed by atoms with Gasteiger partial charge >= 0.3 is 0 Å². The van der Waals surface area contributed by atoms with E-state index in [9.17, 15) is 4.79 Å². The first-order valence-electron chi connectivity index (χ1n) is 8.49. The average Bonchev–Trinajstić information content (AvgIpc) is 3.01. The number of carbonyl (C=O) groups excluding carboxylic acids is 1. The monoisotopic (exact) mass is 379 g/mol. The molecule has 1 heterocycles. The largest absolute Gasteiger partial charge is 0.378 e. The molecular formula is C18H26ClN5O2. The van der Waals surface area contributed by atoms with Crippen LogP contribution < -0.4 is 11.1 Å². The minimum absolute atomic E-state index is 0. The van der Waals surface area contributed by atoms with E-state index < -0.39 is 11.0 Å². The standard InChI is InChI=1S/C18H25N5O2.ClH/c1-5-25-14-10-18(19,17(14,3)4)16(24)21-13-8-6-7-12(9-13)15-20-11(2)22-23-15;/h6-9,14H,5,10,19H2,1-4H3,(H,21,24)(H,20,22,23);1H. The molecule has 0 aliphatic heterocycles. The van der Waals surface area contributed by atoms with Gasteiger partial charge in [-0.2, -0.15) is 5.10 Å². The summed E-state index contributed by atoms with van der Waals surface area (Å²) in [6, 6.07) is 7.43. The Morgan fingerprint density at radius 2 is 2.19 bits per heavy atom. The number of halogens is 1. The Morgan fingerprint density at radius 3 is 2.77 bits per heavy atom. The Bertz CT molecular complexity index is 791. The average molecular weight is 380 g/mol. The molecule has 1 amide bonds. The van der Waals surface area contributed by atoms with Gasteiger partial charge in [0.2, 0.25) is 5.91 Å². The molecule has 3 rings (SSSR count). The van der Waals surface area contributed by atoms with Gasteiger partial charge < -0.3 is 15.8 Å². The Morgan fingerprint density at radius 1 is 1.46 bits per heavy atom. The fraction of sp³-hybridized carbons (Fsp3) is 0.500. The molecule has 2 aromatic rings. The van der Waals surface area contributed by atoms with Crippen LogP contribution in [-0.2, 0) is 9.53 Å². The smallest absolute Gasteiger partial charge is 0.245 e. The zero-order valence-corrected chi connectivity index (χ0v) is 16.3. The van der Waals surface area contributed by atoms with Crippen molar-refractivity contribution in [1.29, 1.82) is 0 Å². The summed E-state index contributed by atoms with van der Waals surface area (Å²) in [5.74, 6) is 1.14. The molecule has 1 aromatic heterocycles. The first-order valence-corrected chi connectivity index (χ1v) is 8.49. The number of aromatic amines is 1. The second kappa shape index (κ2) is 7.34. The lowest BCUT2D eigenvalue weighted by Crippen LogP contribution is -2.74. The summed E-state index contributed by atoms with van der Waals surface area (Å²) < 4.78 is 5.69. The number of carbonyl (C=O) groups is 1. The molecule has 1 saturated carbocycles. The first-order chi connectivity index (χ1) is 11.8. The highest BCUT2D eigenvalue weighted by molar-refractivity contribution is 6.00. The lowest BCUT2D eigenvalue weighted by molar-refractivity contribution is -0.166. The van der Waals surface area contributed by atoms with Crippen LogP contribution in [0.2, 0.25) is 0 Å². The number of aromatic nitrogens is 3. The van der Waals surface area contributed by atoms with Crippen LogP contribution in [-0.4, -0.2) is 39.3 Å². The summed E-state index contributed by atoms with van der Waals surface area (Å²) in [7, 11) is 0. The molecule has 1 aliphatic carbocycles. The van der Waals surface area contributed by atoms with Crippen LogP contribution in [0.4, 0.5) is 5.69 Å². The third kappa shape index (κ3) is 3.34. The molecule has 7 nitrogen and oxygen atoms in total. The molecule has 1 aliphatic rings. The first kappa shape index (κ1) is 20.4. The van der Waals surface area contributed by atoms with E-state index in [1.54, 1.807) is 0 Å². The minimum atomic E-state index is -0.954. The molecule has 0 radical (unpaired) electrons. The highest BCUT2D eigenvalue weighted by Gasteiger charge is 2.62. The topological polar surface area (TPSA) is 106 Å². The number of rotatable bonds is 5. The summed E-state index contributed by atoms with van der Waals surface area (Å²) >= 11 is 0. The van der Waals surface area contributed by atoms with Gasteiger partial charge in [-0.25, -0.2) is 4.98 Å². The van der Waals surface area contributed by atoms with Gasteiger partial charge in [0.05, 0.1) is 6.10 Å². The highest BCUT2D eigenvalue weighted by Crippen LogP contribution is 2.50. The molecule has 4 N–H and O–H groups in total. The van der Waals surface area contributed by atoms with Crippen LogP contribution in [0, 0.1) is 12.3 Å². The third-order valence-corrected chi connectivity index (χ3v) is 5.21. The number of hydrogen-bond acceptors (Lipinski definition) is 5. The summed E-state index contributed by atoms with van der Waals surface area (Å²) in [5.41, 5.74) is 6.54. The van der Waals surface area contributed by atoms with E-state index in [0.717, 1.165) is 11.4 Å². The van der Waals surface area contributed by atoms with Gasteiger partial charge in [0.15, 0.2) is 5.82 Å². The molecule has 1 aromatic carbocycles. The summed E-state index contributed by atoms with van der Waals surface area (Å²) in [5, 5.41) is 9.90. The van der Waals surface area contributed by atoms with Crippen molar-refractivity contribution in [3.63, 3.8) is 0 Å². The van der Waals surface area contributed by atoms with Crippen molar-refractivity contribution in [1.82, 2.24) is 15.2 Å². The zero-order valence-electron chi connectivity index (χ0n) is 15.5. The SMILES string of the molecule is CCOC1CC(N)(C(=O)Nc2cccc(-c3n[nH]c(C)n3)c2)C1(C)C.Cl. The number of H-pyrrole nitrogens is 1. The van der Waals surface area contributed by atoms with Gasteiger partial charge in [0.1, 0.15) is 11.4 Å². The second-order valence-corrected chi connectivity index (χ2v) is 7.12. The second-order valence-electron chi connectivity index (χ2n) is 7.12. The normalized spacial score (nSPS) is 23.7. The van der Waals surface area contributed by atoms with Crippen molar-refractivity contribution in [3.8, 4) is 11.4 Å². The summed E-state index contributed by atoms with van der Waals surface area (Å²) in [6.07, 6.45) is 0.509. The predicted molar refractivity (Wildman–Crippen MR) is 103 cm³/mol. The quantitative estimate of drug-likeness (QED) is 0.740. The molecule has 2 atom stereocenters. The summed E-state index contributed by atoms with van der Waals surface area (Å²) in [4.78, 5) is 17.1. The van der Waals surface area contributed by atoms with Crippen molar-refractivity contribution in [2.24, 2.45) is 11.1 Å². The number of nitrogens with two attached hydrogens (primary N) is 1. The minimum Gasteiger partial charge on any atom is -0.378 e. The Kier molecular flexibility index (Phi) is 5.75. The molecule has 1 fully saturated rings. The van der Waals surface area contributed by atoms with Crippen molar-refractivity contribution < 1.29 is 9.53 Å². The summed E-state index contributed by atoms with van der Waals surface area (Å²) in [6.45, 7) is 8.35. The van der Waals surface area contributed by atoms with E-state index in [-0.39, 0.29) is 24.4 Å². The van der Waals surface area contributed by atoms with Gasteiger partial charge in [-0.1, -0.05) is 26.0 Å². The number of hydrogen-bond donors (Lipinski definition) is 3. The number of amides is 1. The molecule has 8 heteroatoms. The van der Waals surface area contributed by atoms with E-state index in [4.69, 9.17) is 10.5 Å². The van der Waals surface area contributed by atoms with Gasteiger partial charge in [-0.05, 0) is 26.0 Å². The molecule has 0 bridgehead atoms. The van der Waals surface area contributed by atoms with Crippen molar-refractivity contribution in [2.75, 3.05) is 11.9 Å². The van der Waals surface area contributed by atoms with Crippen molar-refractivity contribution in [2.45, 2.75) is 45.8 Å². The van der Waals surface area contributed by atoms with E-state index in [1.807, 2.05) is 52.0 Å². The molecule has 0 spiro atoms. The maximum atomic E-state index is 12.8. The third-order valence-electron chi connectivity index (χ3n) is 5.21. The lowest BCUT2D eigenvalue weighted by atomic mass is 9.54. The molecule has 142 valence electrons. The van der Waals surface area contributed by atoms with Crippen LogP contribution in [0.5, 0.6) is 0 Å². The molecule has 26 heavy (non-hydrogen) atoms. The number of aryl methyl sites for hydroxylation is 1. The maximum absolute atomic E-state index is 12.8. The number of benzene rings is 1. The number of ether oxygens (including phenoxy) is 1. The number of nitrogens with zero attached hydrogens (tertiary/aromatic N) is 2. The van der Waals surface area contributed by atoms with Crippen LogP contribution in [0.15, 0.2) is 24.3 Å². The van der Waals surface area contributed by atoms with Gasteiger partial charge in [-0.15, -0.1) is 12.4 Å². The van der Waals surface area contributed by atoms with E-state index in [1.165, 1.54) is 0 Å². The van der Waals surface area contributed by atoms with Crippen LogP contribution in [0.3, 0.4) is 0 Å². The van der Waals surface area contributed by atoms with E-state index in [2.05, 4.69) is 20.5 Å². The fourth-order valence-corrected chi connectivity index (χ4v) is 3.27. The molecule has 2 unspecified atom stereocenters. The van der Waals surface area contributed by atoms with Crippen LogP contribution in [0.1, 0.15) is 33.0 Å². The maximum Gasteiger partial charge on any atom is 0.245 e. The zero-order chi connectivity index (χ0) is 18.2. The van der Waals surface area contributed by atoms with Gasteiger partial charge in [0.25, 0.3) is 0 Å². The number of nitrogens with one attached hydrogen (secondary N) is 2. The number of anilines is 1. The van der Waals surface area contributed by atoms with Crippen molar-refractivity contribution in [3.05, 3.63) is 30.1 Å². The van der Waals surface area contributed by atoms with Crippen molar-refractivity contribution >= 4 is 24.0 Å². The lowest BCUT2D eigenvalue weighted by Gasteiger charge is -2.57. The molecular weight excluding hydrogens is 354 g/mol. The Balaban J connectivity index is 0.00000243. The van der Waals surface area contributed by atoms with Gasteiger partial charge in [0, 0.05) is 29.7 Å². The van der Waals surface area contributed by atoms with Crippen LogP contribution in [0.25, 0.3) is 11.4 Å². The Hall–Kier alpha value is -1.96. The van der Waals surface area contributed by atoms with Gasteiger partial charge in [-0.3, -0.25) is 9.89 Å². The molecule has 0 saturated heterocycles.